The Labute approximate surface area is 312 Å². The van der Waals surface area contributed by atoms with E-state index in [1.807, 2.05) is 0 Å². The van der Waals surface area contributed by atoms with E-state index in [4.69, 9.17) is 0 Å². The largest absolute Gasteiger partial charge is 0.394 e. The molecule has 0 spiro atoms. The highest BCUT2D eigenvalue weighted by Gasteiger charge is 2.26. The van der Waals surface area contributed by atoms with Gasteiger partial charge in [0.1, 0.15) is 6.10 Å². The molecule has 0 fully saturated rings. The highest BCUT2D eigenvalue weighted by atomic mass is 16.3. The van der Waals surface area contributed by atoms with E-state index in [9.17, 15) is 20.1 Å². The molecule has 0 heterocycles. The Balaban J connectivity index is 3.64. The summed E-state index contributed by atoms with van der Waals surface area (Å²) in [6.45, 7) is 4.17. The van der Waals surface area contributed by atoms with Crippen LogP contribution < -0.4 is 5.32 Å². The maximum Gasteiger partial charge on any atom is 0.220 e. The second-order valence-electron chi connectivity index (χ2n) is 15.2. The van der Waals surface area contributed by atoms with Gasteiger partial charge in [0.2, 0.25) is 5.91 Å². The summed E-state index contributed by atoms with van der Waals surface area (Å²) >= 11 is 0. The number of amides is 1. The number of allylic oxidation sites excluding steroid dienone is 4. The number of unbranched alkanes of at least 4 members (excludes halogenated alkanes) is 28. The van der Waals surface area contributed by atoms with Gasteiger partial charge in [-0.15, -0.1) is 0 Å². The fourth-order valence-electron chi connectivity index (χ4n) is 6.80. The Morgan fingerprint density at radius 2 is 0.800 bits per heavy atom. The summed E-state index contributed by atoms with van der Waals surface area (Å²) in [5, 5.41) is 33.5. The van der Waals surface area contributed by atoms with Gasteiger partial charge in [-0.25, -0.2) is 0 Å². The lowest BCUT2D eigenvalue weighted by molar-refractivity contribution is -0.124. The maximum atomic E-state index is 12.4. The summed E-state index contributed by atoms with van der Waals surface area (Å²) in [6, 6.07) is -0.826. The lowest BCUT2D eigenvalue weighted by Gasteiger charge is -2.26. The lowest BCUT2D eigenvalue weighted by Crippen LogP contribution is -2.50. The van der Waals surface area contributed by atoms with Gasteiger partial charge < -0.3 is 20.6 Å². The van der Waals surface area contributed by atoms with Gasteiger partial charge in [0.15, 0.2) is 0 Å². The molecule has 0 rings (SSSR count). The van der Waals surface area contributed by atoms with Crippen LogP contribution in [0.15, 0.2) is 24.3 Å². The summed E-state index contributed by atoms with van der Waals surface area (Å²) in [6.07, 6.45) is 48.6. The van der Waals surface area contributed by atoms with Gasteiger partial charge in [0.25, 0.3) is 0 Å². The molecule has 0 aliphatic rings. The smallest absolute Gasteiger partial charge is 0.220 e. The second kappa shape index (κ2) is 40.6. The van der Waals surface area contributed by atoms with Gasteiger partial charge in [-0.05, 0) is 64.2 Å². The molecule has 3 atom stereocenters. The Morgan fingerprint density at radius 3 is 1.16 bits per heavy atom. The fraction of sp³-hybridized carbons (Fsp3) is 0.889. The van der Waals surface area contributed by atoms with Crippen LogP contribution in [-0.4, -0.2) is 46.1 Å². The Morgan fingerprint density at radius 1 is 0.480 bits per heavy atom. The number of aliphatic hydroxyl groups is 3. The molecule has 50 heavy (non-hydrogen) atoms. The van der Waals surface area contributed by atoms with E-state index in [2.05, 4.69) is 43.5 Å². The molecule has 0 aromatic heterocycles. The molecule has 0 aromatic rings. The number of carbonyl (C=O) groups excluding carboxylic acids is 1. The molecule has 0 bridgehead atoms. The summed E-state index contributed by atoms with van der Waals surface area (Å²) in [4.78, 5) is 12.4. The van der Waals surface area contributed by atoms with E-state index in [0.29, 0.717) is 12.8 Å². The van der Waals surface area contributed by atoms with E-state index in [1.54, 1.807) is 0 Å². The molecule has 5 heteroatoms. The van der Waals surface area contributed by atoms with Crippen LogP contribution in [0.2, 0.25) is 0 Å². The number of nitrogens with one attached hydrogen (secondary N) is 1. The van der Waals surface area contributed by atoms with Crippen molar-refractivity contribution in [1.82, 2.24) is 5.32 Å². The number of carbonyl (C=O) groups is 1. The molecule has 0 radical (unpaired) electrons. The summed E-state index contributed by atoms with van der Waals surface area (Å²) < 4.78 is 0. The molecule has 0 aromatic carbocycles. The van der Waals surface area contributed by atoms with Crippen LogP contribution in [0.25, 0.3) is 0 Å². The zero-order valence-electron chi connectivity index (χ0n) is 33.5. The van der Waals surface area contributed by atoms with Crippen LogP contribution in [0.3, 0.4) is 0 Å². The molecule has 1 amide bonds. The topological polar surface area (TPSA) is 89.8 Å². The number of aliphatic hydroxyl groups excluding tert-OH is 3. The van der Waals surface area contributed by atoms with Crippen molar-refractivity contribution in [3.05, 3.63) is 24.3 Å². The van der Waals surface area contributed by atoms with Crippen LogP contribution in [0.5, 0.6) is 0 Å². The van der Waals surface area contributed by atoms with Gasteiger partial charge in [-0.1, -0.05) is 186 Å². The van der Waals surface area contributed by atoms with Crippen LogP contribution >= 0.6 is 0 Å². The van der Waals surface area contributed by atoms with E-state index in [1.165, 1.54) is 167 Å². The van der Waals surface area contributed by atoms with E-state index in [-0.39, 0.29) is 12.5 Å². The zero-order valence-corrected chi connectivity index (χ0v) is 33.5. The van der Waals surface area contributed by atoms with Crippen molar-refractivity contribution in [2.45, 2.75) is 250 Å². The Bertz CT molecular complexity index is 739. The molecule has 4 N–H and O–H groups in total. The zero-order chi connectivity index (χ0) is 36.6. The van der Waals surface area contributed by atoms with Crippen molar-refractivity contribution in [3.8, 4) is 0 Å². The Kier molecular flexibility index (Phi) is 39.6. The standard InChI is InChI=1S/C45H87NO4/c1-3-5-7-9-11-13-15-17-19-20-21-22-23-24-25-26-28-30-32-34-36-38-40-44(49)46-42(41-47)45(50)43(48)39-37-35-33-31-29-27-18-16-14-12-10-8-6-4-2/h23-24,31,33,42-43,45,47-48,50H,3-22,25-30,32,34-41H2,1-2H3,(H,46,49)/b24-23-,33-31+. The van der Waals surface area contributed by atoms with E-state index < -0.39 is 18.2 Å². The molecule has 0 saturated carbocycles. The minimum absolute atomic E-state index is 0.158. The minimum atomic E-state index is -1.16. The monoisotopic (exact) mass is 706 g/mol. The average molecular weight is 706 g/mol. The molecular weight excluding hydrogens is 618 g/mol. The first-order valence-electron chi connectivity index (χ1n) is 22.1. The third-order valence-electron chi connectivity index (χ3n) is 10.3. The van der Waals surface area contributed by atoms with Crippen LogP contribution in [0.4, 0.5) is 0 Å². The first-order valence-corrected chi connectivity index (χ1v) is 22.1. The van der Waals surface area contributed by atoms with Gasteiger partial charge >= 0.3 is 0 Å². The third kappa shape index (κ3) is 35.2. The summed E-state index contributed by atoms with van der Waals surface area (Å²) in [5.41, 5.74) is 0. The first-order chi connectivity index (χ1) is 24.6. The molecular formula is C45H87NO4. The Hall–Kier alpha value is -1.17. The lowest BCUT2D eigenvalue weighted by atomic mass is 10.0. The highest BCUT2D eigenvalue weighted by Crippen LogP contribution is 2.15. The second-order valence-corrected chi connectivity index (χ2v) is 15.2. The molecule has 3 unspecified atom stereocenters. The van der Waals surface area contributed by atoms with Gasteiger partial charge in [0, 0.05) is 6.42 Å². The predicted octanol–water partition coefficient (Wildman–Crippen LogP) is 12.6. The van der Waals surface area contributed by atoms with Crippen molar-refractivity contribution in [1.29, 1.82) is 0 Å². The van der Waals surface area contributed by atoms with Crippen molar-refractivity contribution in [2.24, 2.45) is 0 Å². The summed E-state index contributed by atoms with van der Waals surface area (Å²) in [5.74, 6) is -0.158. The van der Waals surface area contributed by atoms with Crippen molar-refractivity contribution in [2.75, 3.05) is 6.61 Å². The molecule has 296 valence electrons. The SMILES string of the molecule is CCCCCCCCCCC/C=C/CCCC(O)C(O)C(CO)NC(=O)CCCCCCCCC/C=C\CCCCCCCCCCCCC. The highest BCUT2D eigenvalue weighted by molar-refractivity contribution is 5.76. The quantitative estimate of drug-likeness (QED) is 0.0377. The van der Waals surface area contributed by atoms with E-state index in [0.717, 1.165) is 38.5 Å². The van der Waals surface area contributed by atoms with Crippen LogP contribution in [0.1, 0.15) is 232 Å². The van der Waals surface area contributed by atoms with E-state index >= 15 is 0 Å². The fourth-order valence-corrected chi connectivity index (χ4v) is 6.80. The molecule has 0 aliphatic heterocycles. The number of rotatable bonds is 40. The normalized spacial score (nSPS) is 13.8. The molecule has 0 aliphatic carbocycles. The molecule has 0 saturated heterocycles. The van der Waals surface area contributed by atoms with Gasteiger partial charge in [-0.2, -0.15) is 0 Å². The van der Waals surface area contributed by atoms with Gasteiger partial charge in [0.05, 0.1) is 18.8 Å². The van der Waals surface area contributed by atoms with Crippen molar-refractivity contribution in [3.63, 3.8) is 0 Å². The maximum absolute atomic E-state index is 12.4. The average Bonchev–Trinajstić information content (AvgIpc) is 3.12. The van der Waals surface area contributed by atoms with Crippen molar-refractivity contribution < 1.29 is 20.1 Å². The minimum Gasteiger partial charge on any atom is -0.394 e. The third-order valence-corrected chi connectivity index (χ3v) is 10.3. The number of hydrogen-bond acceptors (Lipinski definition) is 4. The summed E-state index contributed by atoms with van der Waals surface area (Å²) in [7, 11) is 0. The molecule has 5 nitrogen and oxygen atoms in total. The number of hydrogen-bond donors (Lipinski definition) is 4. The van der Waals surface area contributed by atoms with Gasteiger partial charge in [-0.3, -0.25) is 4.79 Å². The van der Waals surface area contributed by atoms with Crippen LogP contribution in [-0.2, 0) is 4.79 Å². The first kappa shape index (κ1) is 48.8. The van der Waals surface area contributed by atoms with Crippen molar-refractivity contribution >= 4 is 5.91 Å². The predicted molar refractivity (Wildman–Crippen MR) is 218 cm³/mol. The van der Waals surface area contributed by atoms with Crippen LogP contribution in [0, 0.1) is 0 Å².